The normalized spacial score (nSPS) is 16.0. The third kappa shape index (κ3) is 4.97. The number of benzene rings is 1. The average Bonchev–Trinajstić information content (AvgIpc) is 3.38. The van der Waals surface area contributed by atoms with E-state index in [1.165, 1.54) is 0 Å². The summed E-state index contributed by atoms with van der Waals surface area (Å²) in [6.07, 6.45) is 7.48. The first-order chi connectivity index (χ1) is 13.7. The minimum atomic E-state index is -0.560. The van der Waals surface area contributed by atoms with Crippen molar-refractivity contribution in [2.45, 2.75) is 38.8 Å². The fourth-order valence-corrected chi connectivity index (χ4v) is 3.04. The van der Waals surface area contributed by atoms with Gasteiger partial charge < -0.3 is 14.6 Å². The van der Waals surface area contributed by atoms with Gasteiger partial charge in [0, 0.05) is 31.9 Å². The number of ether oxygens (including phenoxy) is 1. The first-order valence-corrected chi connectivity index (χ1v) is 9.51. The lowest BCUT2D eigenvalue weighted by molar-refractivity contribution is -0.135. The molecule has 1 atom stereocenters. The molecule has 1 N–H and O–H groups in total. The van der Waals surface area contributed by atoms with E-state index in [0.717, 1.165) is 25.1 Å². The van der Waals surface area contributed by atoms with Gasteiger partial charge in [-0.15, -0.1) is 0 Å². The van der Waals surface area contributed by atoms with E-state index in [1.807, 2.05) is 41.1 Å². The van der Waals surface area contributed by atoms with Crippen molar-refractivity contribution in [1.82, 2.24) is 14.9 Å². The van der Waals surface area contributed by atoms with E-state index in [1.54, 1.807) is 24.5 Å². The second-order valence-corrected chi connectivity index (χ2v) is 6.47. The molecule has 1 aromatic heterocycles. The van der Waals surface area contributed by atoms with Crippen molar-refractivity contribution in [2.75, 3.05) is 18.2 Å². The maximum absolute atomic E-state index is 12.8. The monoisotopic (exact) mass is 383 g/mol. The summed E-state index contributed by atoms with van der Waals surface area (Å²) in [5.41, 5.74) is 1.04. The van der Waals surface area contributed by atoms with Gasteiger partial charge in [0.1, 0.15) is 11.8 Å². The maximum Gasteiger partial charge on any atom is 0.354 e. The molecular formula is C20H25N5O3. The van der Waals surface area contributed by atoms with Crippen LogP contribution >= 0.6 is 0 Å². The molecule has 8 heteroatoms. The van der Waals surface area contributed by atoms with Crippen molar-refractivity contribution in [1.29, 1.82) is 0 Å². The number of hydrazone groups is 1. The Kier molecular flexibility index (Phi) is 6.78. The molecule has 1 aromatic carbocycles. The molecule has 1 aliphatic rings. The number of carbonyl (C=O) groups is 2. The van der Waals surface area contributed by atoms with E-state index in [4.69, 9.17) is 4.74 Å². The van der Waals surface area contributed by atoms with Gasteiger partial charge in [0.2, 0.25) is 5.91 Å². The van der Waals surface area contributed by atoms with Crippen LogP contribution < -0.4 is 10.3 Å². The van der Waals surface area contributed by atoms with Crippen LogP contribution in [0.25, 0.3) is 0 Å². The third-order valence-corrected chi connectivity index (χ3v) is 4.45. The number of rotatable bonds is 9. The quantitative estimate of drug-likeness (QED) is 0.528. The van der Waals surface area contributed by atoms with E-state index in [0.29, 0.717) is 6.54 Å². The molecular weight excluding hydrogens is 358 g/mol. The fourth-order valence-electron chi connectivity index (χ4n) is 3.04. The molecule has 1 aliphatic heterocycles. The molecule has 0 saturated heterocycles. The largest absolute Gasteiger partial charge is 0.461 e. The van der Waals surface area contributed by atoms with Gasteiger partial charge in [-0.1, -0.05) is 18.2 Å². The fraction of sp³-hybridized carbons (Fsp3) is 0.400. The number of anilines is 1. The zero-order chi connectivity index (χ0) is 19.8. The molecule has 2 heterocycles. The van der Waals surface area contributed by atoms with Crippen LogP contribution in [-0.2, 0) is 20.9 Å². The molecule has 3 rings (SSSR count). The van der Waals surface area contributed by atoms with Crippen LogP contribution in [0.5, 0.6) is 0 Å². The molecule has 0 radical (unpaired) electrons. The van der Waals surface area contributed by atoms with Crippen molar-refractivity contribution in [3.63, 3.8) is 0 Å². The number of carbonyl (C=O) groups excluding carboxylic acids is 2. The van der Waals surface area contributed by atoms with Gasteiger partial charge >= 0.3 is 5.97 Å². The van der Waals surface area contributed by atoms with Crippen molar-refractivity contribution >= 4 is 23.3 Å². The number of aryl methyl sites for hydroxylation is 1. The summed E-state index contributed by atoms with van der Waals surface area (Å²) >= 11 is 0. The summed E-state index contributed by atoms with van der Waals surface area (Å²) < 4.78 is 7.06. The Hall–Kier alpha value is -3.16. The number of nitrogens with one attached hydrogen (secondary N) is 1. The van der Waals surface area contributed by atoms with E-state index in [-0.39, 0.29) is 24.6 Å². The summed E-state index contributed by atoms with van der Waals surface area (Å²) in [6, 6.07) is 8.81. The number of esters is 1. The number of aromatic nitrogens is 2. The zero-order valence-corrected chi connectivity index (χ0v) is 16.0. The molecule has 0 fully saturated rings. The van der Waals surface area contributed by atoms with Crippen molar-refractivity contribution in [3.05, 3.63) is 49.1 Å². The molecule has 148 valence electrons. The lowest BCUT2D eigenvalue weighted by atomic mass is 10.1. The average molecular weight is 383 g/mol. The summed E-state index contributed by atoms with van der Waals surface area (Å²) in [5, 5.41) is 8.93. The molecule has 8 nitrogen and oxygen atoms in total. The number of hydrogen-bond donors (Lipinski definition) is 1. The molecule has 0 spiro atoms. The van der Waals surface area contributed by atoms with Gasteiger partial charge in [-0.05, 0) is 31.9 Å². The van der Waals surface area contributed by atoms with Crippen LogP contribution in [0.1, 0.15) is 26.2 Å². The van der Waals surface area contributed by atoms with Gasteiger partial charge in [-0.2, -0.15) is 5.10 Å². The van der Waals surface area contributed by atoms with Gasteiger partial charge in [0.25, 0.3) is 0 Å². The number of hydrogen-bond acceptors (Lipinski definition) is 6. The summed E-state index contributed by atoms with van der Waals surface area (Å²) in [7, 11) is 0. The topological polar surface area (TPSA) is 88.8 Å². The SMILES string of the molecule is CCOC(=O)C1=NN(c2ccccc2)C(C(=O)NCCCCn2ccnc2)C1. The van der Waals surface area contributed by atoms with Gasteiger partial charge in [0.15, 0.2) is 0 Å². The molecule has 1 amide bonds. The summed E-state index contributed by atoms with van der Waals surface area (Å²) in [5.74, 6) is -0.617. The van der Waals surface area contributed by atoms with Gasteiger partial charge in [0.05, 0.1) is 18.6 Å². The Morgan fingerprint density at radius 2 is 2.07 bits per heavy atom. The van der Waals surface area contributed by atoms with Gasteiger partial charge in [-0.25, -0.2) is 9.78 Å². The minimum absolute atomic E-state index is 0.144. The Morgan fingerprint density at radius 3 is 2.79 bits per heavy atom. The molecule has 0 aliphatic carbocycles. The van der Waals surface area contributed by atoms with Crippen LogP contribution in [0.3, 0.4) is 0 Å². The van der Waals surface area contributed by atoms with Crippen molar-refractivity contribution in [2.24, 2.45) is 5.10 Å². The smallest absolute Gasteiger partial charge is 0.354 e. The highest BCUT2D eigenvalue weighted by Gasteiger charge is 2.36. The predicted octanol–water partition coefficient (Wildman–Crippen LogP) is 1.98. The van der Waals surface area contributed by atoms with E-state index in [9.17, 15) is 9.59 Å². The molecule has 0 saturated carbocycles. The summed E-state index contributed by atoms with van der Waals surface area (Å²) in [4.78, 5) is 28.8. The van der Waals surface area contributed by atoms with E-state index < -0.39 is 12.0 Å². The van der Waals surface area contributed by atoms with Crippen LogP contribution in [-0.4, -0.2) is 46.3 Å². The second kappa shape index (κ2) is 9.68. The Morgan fingerprint density at radius 1 is 1.25 bits per heavy atom. The lowest BCUT2D eigenvalue weighted by Crippen LogP contribution is -2.43. The third-order valence-electron chi connectivity index (χ3n) is 4.45. The molecule has 2 aromatic rings. The Bertz CT molecular complexity index is 805. The van der Waals surface area contributed by atoms with E-state index >= 15 is 0 Å². The first-order valence-electron chi connectivity index (χ1n) is 9.51. The van der Waals surface area contributed by atoms with Crippen LogP contribution in [0.15, 0.2) is 54.2 Å². The highest BCUT2D eigenvalue weighted by molar-refractivity contribution is 6.38. The predicted molar refractivity (Wildman–Crippen MR) is 106 cm³/mol. The van der Waals surface area contributed by atoms with E-state index in [2.05, 4.69) is 15.4 Å². The second-order valence-electron chi connectivity index (χ2n) is 6.47. The number of unbranched alkanes of at least 4 members (excludes halogenated alkanes) is 1. The Balaban J connectivity index is 1.56. The number of nitrogens with zero attached hydrogens (tertiary/aromatic N) is 4. The van der Waals surface area contributed by atoms with Crippen molar-refractivity contribution in [3.8, 4) is 0 Å². The first kappa shape index (κ1) is 19.6. The van der Waals surface area contributed by atoms with Crippen molar-refractivity contribution < 1.29 is 14.3 Å². The molecule has 28 heavy (non-hydrogen) atoms. The van der Waals surface area contributed by atoms with Gasteiger partial charge in [-0.3, -0.25) is 9.80 Å². The minimum Gasteiger partial charge on any atom is -0.461 e. The van der Waals surface area contributed by atoms with Crippen LogP contribution in [0.2, 0.25) is 0 Å². The number of amides is 1. The van der Waals surface area contributed by atoms with Crippen LogP contribution in [0.4, 0.5) is 5.69 Å². The lowest BCUT2D eigenvalue weighted by Gasteiger charge is -2.22. The maximum atomic E-state index is 12.8. The molecule has 1 unspecified atom stereocenters. The highest BCUT2D eigenvalue weighted by Crippen LogP contribution is 2.25. The Labute approximate surface area is 164 Å². The summed E-state index contributed by atoms with van der Waals surface area (Å²) in [6.45, 7) is 3.46. The highest BCUT2D eigenvalue weighted by atomic mass is 16.5. The standard InChI is InChI=1S/C20H25N5O3/c1-2-28-20(27)17-14-18(25(23-17)16-8-4-3-5-9-16)19(26)22-10-6-7-12-24-13-11-21-15-24/h3-5,8-9,11,13,15,18H,2,6-7,10,12,14H2,1H3,(H,22,26). The zero-order valence-electron chi connectivity index (χ0n) is 16.0. The molecule has 0 bridgehead atoms. The van der Waals surface area contributed by atoms with Crippen LogP contribution in [0, 0.1) is 0 Å². The number of imidazole rings is 1. The number of para-hydroxylation sites is 1.